The van der Waals surface area contributed by atoms with E-state index in [1.54, 1.807) is 0 Å². The Balaban J connectivity index is 1.85. The van der Waals surface area contributed by atoms with E-state index in [9.17, 15) is 0 Å². The van der Waals surface area contributed by atoms with Gasteiger partial charge >= 0.3 is 0 Å². The van der Waals surface area contributed by atoms with E-state index in [1.165, 1.54) is 12.8 Å². The Kier molecular flexibility index (Phi) is 0.820. The van der Waals surface area contributed by atoms with E-state index in [0.717, 1.165) is 11.8 Å². The lowest BCUT2D eigenvalue weighted by Gasteiger charge is -2.09. The van der Waals surface area contributed by atoms with Gasteiger partial charge in [-0.05, 0) is 37.0 Å². The second kappa shape index (κ2) is 1.39. The van der Waals surface area contributed by atoms with Crippen molar-refractivity contribution in [2.75, 3.05) is 0 Å². The fraction of sp³-hybridized carbons (Fsp3) is 1.00. The van der Waals surface area contributed by atoms with Gasteiger partial charge in [0.2, 0.25) is 0 Å². The molecule has 1 saturated heterocycles. The van der Waals surface area contributed by atoms with Crippen LogP contribution in [0.5, 0.6) is 0 Å². The summed E-state index contributed by atoms with van der Waals surface area (Å²) in [5, 5.41) is 0. The fourth-order valence-corrected chi connectivity index (χ4v) is 3.17. The maximum absolute atomic E-state index is 5.66. The second-order valence-corrected chi connectivity index (χ2v) is 5.39. The van der Waals surface area contributed by atoms with Crippen molar-refractivity contribution in [3.63, 3.8) is 0 Å². The molecule has 0 N–H and O–H groups in total. The SMILES string of the molecule is CC1(C)[C@@H]2C[C@H]3O[C@]3(C)C[C@@H]21. The van der Waals surface area contributed by atoms with Crippen molar-refractivity contribution in [1.29, 1.82) is 0 Å². The first kappa shape index (κ1) is 6.47. The van der Waals surface area contributed by atoms with Gasteiger partial charge in [0.15, 0.2) is 0 Å². The van der Waals surface area contributed by atoms with Gasteiger partial charge in [0.05, 0.1) is 11.7 Å². The molecule has 2 aliphatic carbocycles. The molecule has 0 aromatic carbocycles. The minimum Gasteiger partial charge on any atom is -0.366 e. The lowest BCUT2D eigenvalue weighted by Crippen LogP contribution is -2.16. The van der Waals surface area contributed by atoms with Gasteiger partial charge in [-0.25, -0.2) is 0 Å². The quantitative estimate of drug-likeness (QED) is 0.485. The highest BCUT2D eigenvalue weighted by atomic mass is 16.6. The van der Waals surface area contributed by atoms with Crippen LogP contribution in [0.15, 0.2) is 0 Å². The lowest BCUT2D eigenvalue weighted by molar-refractivity contribution is 0.282. The minimum atomic E-state index is 0.314. The maximum Gasteiger partial charge on any atom is 0.0923 e. The van der Waals surface area contributed by atoms with Crippen LogP contribution in [0.25, 0.3) is 0 Å². The van der Waals surface area contributed by atoms with E-state index >= 15 is 0 Å². The predicted octanol–water partition coefficient (Wildman–Crippen LogP) is 2.21. The lowest BCUT2D eigenvalue weighted by atomic mass is 9.91. The van der Waals surface area contributed by atoms with Crippen LogP contribution in [0.2, 0.25) is 0 Å². The molecule has 1 heteroatoms. The molecule has 0 unspecified atom stereocenters. The van der Waals surface area contributed by atoms with Crippen molar-refractivity contribution < 1.29 is 4.74 Å². The van der Waals surface area contributed by atoms with Crippen LogP contribution in [0.1, 0.15) is 33.6 Å². The molecule has 3 aliphatic rings. The van der Waals surface area contributed by atoms with Crippen LogP contribution >= 0.6 is 0 Å². The Morgan fingerprint density at radius 3 is 2.55 bits per heavy atom. The molecular weight excluding hydrogens is 136 g/mol. The van der Waals surface area contributed by atoms with Crippen molar-refractivity contribution in [3.8, 4) is 0 Å². The molecule has 2 saturated carbocycles. The van der Waals surface area contributed by atoms with E-state index in [4.69, 9.17) is 4.74 Å². The van der Waals surface area contributed by atoms with Gasteiger partial charge in [0, 0.05) is 0 Å². The highest BCUT2D eigenvalue weighted by molar-refractivity contribution is 5.18. The molecule has 62 valence electrons. The van der Waals surface area contributed by atoms with Crippen LogP contribution in [-0.2, 0) is 4.74 Å². The molecule has 1 heterocycles. The molecule has 1 nitrogen and oxygen atoms in total. The largest absolute Gasteiger partial charge is 0.366 e. The third-order valence-electron chi connectivity index (χ3n) is 4.42. The summed E-state index contributed by atoms with van der Waals surface area (Å²) >= 11 is 0. The maximum atomic E-state index is 5.66. The number of hydrogen-bond acceptors (Lipinski definition) is 1. The third kappa shape index (κ3) is 0.618. The van der Waals surface area contributed by atoms with Gasteiger partial charge in [0.25, 0.3) is 0 Å². The van der Waals surface area contributed by atoms with E-state index in [2.05, 4.69) is 20.8 Å². The molecule has 0 radical (unpaired) electrons. The molecule has 3 fully saturated rings. The van der Waals surface area contributed by atoms with Crippen molar-refractivity contribution >= 4 is 0 Å². The Hall–Kier alpha value is -0.0400. The number of hydrogen-bond donors (Lipinski definition) is 0. The summed E-state index contributed by atoms with van der Waals surface area (Å²) in [5.74, 6) is 1.97. The van der Waals surface area contributed by atoms with E-state index in [0.29, 0.717) is 17.1 Å². The van der Waals surface area contributed by atoms with Gasteiger partial charge < -0.3 is 4.74 Å². The Morgan fingerprint density at radius 1 is 1.18 bits per heavy atom. The zero-order valence-electron chi connectivity index (χ0n) is 7.55. The smallest absolute Gasteiger partial charge is 0.0923 e. The molecule has 0 aromatic heterocycles. The van der Waals surface area contributed by atoms with E-state index < -0.39 is 0 Å². The number of fused-ring (bicyclic) bond motifs is 2. The number of epoxide rings is 1. The number of ether oxygens (including phenoxy) is 1. The molecule has 0 bridgehead atoms. The first-order valence-electron chi connectivity index (χ1n) is 4.72. The average Bonchev–Trinajstić information content (AvgIpc) is 2.68. The molecule has 3 rings (SSSR count). The summed E-state index contributed by atoms with van der Waals surface area (Å²) in [4.78, 5) is 0. The molecule has 11 heavy (non-hydrogen) atoms. The molecule has 4 atom stereocenters. The predicted molar refractivity (Wildman–Crippen MR) is 43.3 cm³/mol. The van der Waals surface area contributed by atoms with Gasteiger partial charge in [-0.1, -0.05) is 13.8 Å². The van der Waals surface area contributed by atoms with E-state index in [-0.39, 0.29) is 0 Å². The summed E-state index contributed by atoms with van der Waals surface area (Å²) in [6, 6.07) is 0. The summed E-state index contributed by atoms with van der Waals surface area (Å²) in [7, 11) is 0. The molecule has 0 spiro atoms. The monoisotopic (exact) mass is 152 g/mol. The van der Waals surface area contributed by atoms with Crippen molar-refractivity contribution in [3.05, 3.63) is 0 Å². The van der Waals surface area contributed by atoms with Gasteiger partial charge in [-0.3, -0.25) is 0 Å². The summed E-state index contributed by atoms with van der Waals surface area (Å²) < 4.78 is 5.66. The van der Waals surface area contributed by atoms with Crippen LogP contribution in [0.3, 0.4) is 0 Å². The van der Waals surface area contributed by atoms with Crippen LogP contribution in [0, 0.1) is 17.3 Å². The third-order valence-corrected chi connectivity index (χ3v) is 4.42. The van der Waals surface area contributed by atoms with Gasteiger partial charge in [0.1, 0.15) is 0 Å². The van der Waals surface area contributed by atoms with Crippen molar-refractivity contribution in [2.24, 2.45) is 17.3 Å². The van der Waals surface area contributed by atoms with Gasteiger partial charge in [-0.15, -0.1) is 0 Å². The molecule has 1 aliphatic heterocycles. The highest BCUT2D eigenvalue weighted by Gasteiger charge is 2.70. The topological polar surface area (TPSA) is 12.5 Å². The zero-order chi connectivity index (χ0) is 7.85. The number of rotatable bonds is 0. The molecular formula is C10H16O. The normalized spacial score (nSPS) is 63.0. The summed E-state index contributed by atoms with van der Waals surface area (Å²) in [6.07, 6.45) is 3.30. The average molecular weight is 152 g/mol. The van der Waals surface area contributed by atoms with Crippen LogP contribution < -0.4 is 0 Å². The summed E-state index contributed by atoms with van der Waals surface area (Å²) in [5.41, 5.74) is 0.967. The standard InChI is InChI=1S/C10H16O/c1-9(2)6-4-8-10(3,11-8)5-7(6)9/h6-8H,4-5H2,1-3H3/t6-,7+,8-,10-/m1/s1. The Bertz CT molecular complexity index is 221. The van der Waals surface area contributed by atoms with Crippen LogP contribution in [-0.4, -0.2) is 11.7 Å². The van der Waals surface area contributed by atoms with Crippen molar-refractivity contribution in [2.45, 2.75) is 45.3 Å². The fourth-order valence-electron chi connectivity index (χ4n) is 3.17. The Morgan fingerprint density at radius 2 is 1.91 bits per heavy atom. The molecule has 0 aromatic rings. The Labute approximate surface area is 68.1 Å². The molecule has 0 amide bonds. The zero-order valence-corrected chi connectivity index (χ0v) is 7.55. The van der Waals surface area contributed by atoms with Crippen LogP contribution in [0.4, 0.5) is 0 Å². The summed E-state index contributed by atoms with van der Waals surface area (Å²) in [6.45, 7) is 7.11. The minimum absolute atomic E-state index is 0.314. The van der Waals surface area contributed by atoms with Gasteiger partial charge in [-0.2, -0.15) is 0 Å². The first-order valence-corrected chi connectivity index (χ1v) is 4.72. The van der Waals surface area contributed by atoms with E-state index in [1.807, 2.05) is 0 Å². The van der Waals surface area contributed by atoms with Crippen molar-refractivity contribution in [1.82, 2.24) is 0 Å². The first-order chi connectivity index (χ1) is 5.04. The highest BCUT2D eigenvalue weighted by Crippen LogP contribution is 2.70. The second-order valence-electron chi connectivity index (χ2n) is 5.39.